The molecule has 2 fully saturated rings. The minimum Gasteiger partial charge on any atom is -0.354 e. The van der Waals surface area contributed by atoms with Gasteiger partial charge in [0.2, 0.25) is 35.4 Å². The molecule has 2 aliphatic rings. The van der Waals surface area contributed by atoms with Crippen molar-refractivity contribution in [1.82, 2.24) is 31.5 Å². The van der Waals surface area contributed by atoms with Crippen LogP contribution in [0.1, 0.15) is 105 Å². The zero-order valence-corrected chi connectivity index (χ0v) is 32.7. The molecule has 0 spiro atoms. The highest BCUT2D eigenvalue weighted by molar-refractivity contribution is 5.97. The van der Waals surface area contributed by atoms with Crippen LogP contribution in [0, 0.1) is 23.7 Å². The Bertz CT molecular complexity index is 1440. The van der Waals surface area contributed by atoms with E-state index in [1.807, 2.05) is 71.9 Å². The number of nitrogens with zero attached hydrogens (tertiary/aromatic N) is 1. The van der Waals surface area contributed by atoms with Crippen molar-refractivity contribution in [2.24, 2.45) is 23.7 Å². The van der Waals surface area contributed by atoms with E-state index in [1.54, 1.807) is 0 Å². The quantitative estimate of drug-likeness (QED) is 0.231. The van der Waals surface area contributed by atoms with Crippen LogP contribution in [-0.4, -0.2) is 89.4 Å². The lowest BCUT2D eigenvalue weighted by atomic mass is 9.84. The Morgan fingerprint density at radius 2 is 1.53 bits per heavy atom. The summed E-state index contributed by atoms with van der Waals surface area (Å²) in [5.41, 5.74) is 0.797. The van der Waals surface area contributed by atoms with Crippen molar-refractivity contribution in [2.75, 3.05) is 13.1 Å². The first-order chi connectivity index (χ1) is 25.2. The van der Waals surface area contributed by atoms with Gasteiger partial charge in [0.05, 0.1) is 6.04 Å². The number of hydrogen-bond acceptors (Lipinski definition) is 7. The molecule has 2 saturated heterocycles. The van der Waals surface area contributed by atoms with Crippen LogP contribution in [-0.2, 0) is 40.0 Å². The smallest absolute Gasteiger partial charge is 0.246 e. The molecule has 0 aromatic heterocycles. The van der Waals surface area contributed by atoms with Crippen LogP contribution in [0.5, 0.6) is 0 Å². The van der Waals surface area contributed by atoms with Gasteiger partial charge in [-0.2, -0.15) is 0 Å². The Morgan fingerprint density at radius 3 is 2.15 bits per heavy atom. The number of hydrogen-bond donors (Lipinski definition) is 5. The van der Waals surface area contributed by atoms with E-state index in [-0.39, 0.29) is 73.5 Å². The molecule has 0 radical (unpaired) electrons. The van der Waals surface area contributed by atoms with Crippen LogP contribution >= 0.6 is 0 Å². The molecular weight excluding hydrogens is 676 g/mol. The number of amides is 6. The zero-order chi connectivity index (χ0) is 39.2. The standard InChI is InChI=1S/C40H62N6O7/c1-8-24(4)29-23-33(48)32-19-15-21-46(32)40(53)31(22-28-16-12-11-13-17-28)44-37(50)30(43-39(52)35(26(6)10-3)42-27(7)47)18-14-20-41-38(51)34(25(5)9-2)45-36(29)49/h11-13,16-17,24-26,29-32,34-35H,8-10,14-15,18-23H2,1-7H3,(H,41,51)(H,42,47)(H,43,52)(H,44,50)(H,45,49). The largest absolute Gasteiger partial charge is 0.354 e. The van der Waals surface area contributed by atoms with E-state index in [9.17, 15) is 33.6 Å². The first kappa shape index (κ1) is 43.1. The molecule has 13 heteroatoms. The summed E-state index contributed by atoms with van der Waals surface area (Å²) in [7, 11) is 0. The second-order valence-electron chi connectivity index (χ2n) is 15.0. The number of ketones is 1. The molecule has 1 aromatic carbocycles. The summed E-state index contributed by atoms with van der Waals surface area (Å²) in [5, 5.41) is 14.3. The van der Waals surface area contributed by atoms with Crippen LogP contribution in [0.25, 0.3) is 0 Å². The summed E-state index contributed by atoms with van der Waals surface area (Å²) in [6.45, 7) is 13.2. The third kappa shape index (κ3) is 12.1. The van der Waals surface area contributed by atoms with Crippen molar-refractivity contribution in [2.45, 2.75) is 136 Å². The average molecular weight is 739 g/mol. The van der Waals surface area contributed by atoms with Crippen molar-refractivity contribution >= 4 is 41.2 Å². The molecule has 53 heavy (non-hydrogen) atoms. The lowest BCUT2D eigenvalue weighted by molar-refractivity contribution is -0.142. The number of carbonyl (C=O) groups is 7. The molecule has 0 bridgehead atoms. The molecule has 1 aromatic rings. The van der Waals surface area contributed by atoms with Crippen molar-refractivity contribution in [3.8, 4) is 0 Å². The Kier molecular flexibility index (Phi) is 16.9. The molecule has 6 amide bonds. The predicted octanol–water partition coefficient (Wildman–Crippen LogP) is 2.80. The van der Waals surface area contributed by atoms with Crippen LogP contribution in [0.2, 0.25) is 0 Å². The molecule has 2 aliphatic heterocycles. The van der Waals surface area contributed by atoms with Gasteiger partial charge in [0.15, 0.2) is 5.78 Å². The Balaban J connectivity index is 2.05. The number of fused-ring (bicyclic) bond motifs is 1. The number of Topliss-reactive ketones (excluding diaryl/α,β-unsaturated/α-hetero) is 1. The summed E-state index contributed by atoms with van der Waals surface area (Å²) in [6, 6.07) is 4.57. The van der Waals surface area contributed by atoms with Gasteiger partial charge in [-0.3, -0.25) is 33.6 Å². The van der Waals surface area contributed by atoms with Gasteiger partial charge < -0.3 is 31.5 Å². The van der Waals surface area contributed by atoms with Crippen molar-refractivity contribution in [1.29, 1.82) is 0 Å². The fourth-order valence-electron chi connectivity index (χ4n) is 7.12. The third-order valence-corrected chi connectivity index (χ3v) is 11.1. The van der Waals surface area contributed by atoms with E-state index in [4.69, 9.17) is 0 Å². The molecule has 5 N–H and O–H groups in total. The minimum absolute atomic E-state index is 0.0837. The van der Waals surface area contributed by atoms with Gasteiger partial charge in [-0.15, -0.1) is 0 Å². The molecule has 0 aliphatic carbocycles. The molecule has 9 unspecified atom stereocenters. The van der Waals surface area contributed by atoms with E-state index in [1.165, 1.54) is 11.8 Å². The van der Waals surface area contributed by atoms with Crippen LogP contribution in [0.4, 0.5) is 0 Å². The maximum Gasteiger partial charge on any atom is 0.246 e. The van der Waals surface area contributed by atoms with E-state index in [2.05, 4.69) is 26.6 Å². The van der Waals surface area contributed by atoms with E-state index in [0.29, 0.717) is 38.6 Å². The van der Waals surface area contributed by atoms with Gasteiger partial charge in [-0.1, -0.05) is 91.1 Å². The highest BCUT2D eigenvalue weighted by Crippen LogP contribution is 2.27. The Hall–Kier alpha value is -4.29. The fourth-order valence-corrected chi connectivity index (χ4v) is 7.12. The van der Waals surface area contributed by atoms with Crippen molar-refractivity contribution in [3.05, 3.63) is 35.9 Å². The van der Waals surface area contributed by atoms with E-state index in [0.717, 1.165) is 5.56 Å². The summed E-state index contributed by atoms with van der Waals surface area (Å²) >= 11 is 0. The average Bonchev–Trinajstić information content (AvgIpc) is 3.64. The van der Waals surface area contributed by atoms with Gasteiger partial charge >= 0.3 is 0 Å². The molecular formula is C40H62N6O7. The topological polar surface area (TPSA) is 183 Å². The molecule has 13 nitrogen and oxygen atoms in total. The molecule has 294 valence electrons. The van der Waals surface area contributed by atoms with E-state index >= 15 is 0 Å². The van der Waals surface area contributed by atoms with E-state index < -0.39 is 53.8 Å². The summed E-state index contributed by atoms with van der Waals surface area (Å²) in [4.78, 5) is 97.3. The maximum atomic E-state index is 14.4. The van der Waals surface area contributed by atoms with Gasteiger partial charge in [-0.05, 0) is 49.0 Å². The molecule has 2 heterocycles. The van der Waals surface area contributed by atoms with Gasteiger partial charge in [-0.25, -0.2) is 0 Å². The fraction of sp³-hybridized carbons (Fsp3) is 0.675. The highest BCUT2D eigenvalue weighted by Gasteiger charge is 2.41. The SMILES string of the molecule is CCC(C)C1CC(=O)C2CCCN2C(=O)C(Cc2ccccc2)NC(=O)C(NC(=O)C(NC(C)=O)C(C)CC)CCCNC(=O)C(C(C)CC)NC1=O. The van der Waals surface area contributed by atoms with Crippen LogP contribution in [0.3, 0.4) is 0 Å². The minimum atomic E-state index is -1.11. The Morgan fingerprint density at radius 1 is 0.849 bits per heavy atom. The van der Waals surface area contributed by atoms with Crippen molar-refractivity contribution in [3.63, 3.8) is 0 Å². The number of rotatable bonds is 11. The van der Waals surface area contributed by atoms with Gasteiger partial charge in [0.1, 0.15) is 24.2 Å². The normalized spacial score (nSPS) is 26.1. The van der Waals surface area contributed by atoms with Crippen LogP contribution < -0.4 is 26.6 Å². The second kappa shape index (κ2) is 20.8. The number of benzene rings is 1. The van der Waals surface area contributed by atoms with Gasteiger partial charge in [0, 0.05) is 38.8 Å². The molecule has 3 rings (SSSR count). The molecule has 0 saturated carbocycles. The molecule has 9 atom stereocenters. The maximum absolute atomic E-state index is 14.4. The number of nitrogens with one attached hydrogen (secondary N) is 5. The van der Waals surface area contributed by atoms with Gasteiger partial charge in [0.25, 0.3) is 0 Å². The summed E-state index contributed by atoms with van der Waals surface area (Å²) in [5.74, 6) is -4.16. The number of carbonyl (C=O) groups excluding carboxylic acids is 7. The monoisotopic (exact) mass is 738 g/mol. The third-order valence-electron chi connectivity index (χ3n) is 11.1. The highest BCUT2D eigenvalue weighted by atomic mass is 16.2. The van der Waals surface area contributed by atoms with Crippen molar-refractivity contribution < 1.29 is 33.6 Å². The lowest BCUT2D eigenvalue weighted by Crippen LogP contribution is -2.59. The Labute approximate surface area is 314 Å². The van der Waals surface area contributed by atoms with Crippen LogP contribution in [0.15, 0.2) is 30.3 Å². The second-order valence-corrected chi connectivity index (χ2v) is 15.0. The summed E-state index contributed by atoms with van der Waals surface area (Å²) < 4.78 is 0. The first-order valence-electron chi connectivity index (χ1n) is 19.5. The first-order valence-corrected chi connectivity index (χ1v) is 19.5. The predicted molar refractivity (Wildman–Crippen MR) is 202 cm³/mol. The summed E-state index contributed by atoms with van der Waals surface area (Å²) in [6.07, 6.45) is 3.34. The lowest BCUT2D eigenvalue weighted by Gasteiger charge is -2.32. The zero-order valence-electron chi connectivity index (χ0n) is 32.7.